The molecule has 7 nitrogen and oxygen atoms in total. The van der Waals surface area contributed by atoms with Gasteiger partial charge >= 0.3 is 0 Å². The summed E-state index contributed by atoms with van der Waals surface area (Å²) in [6.07, 6.45) is 0. The Bertz CT molecular complexity index is 1280. The van der Waals surface area contributed by atoms with Crippen LogP contribution in [0, 0.1) is 5.92 Å². The molecule has 1 unspecified atom stereocenters. The van der Waals surface area contributed by atoms with Gasteiger partial charge in [-0.3, -0.25) is 14.9 Å². The van der Waals surface area contributed by atoms with E-state index >= 15 is 0 Å². The van der Waals surface area contributed by atoms with Crippen LogP contribution in [-0.2, 0) is 13.6 Å². The summed E-state index contributed by atoms with van der Waals surface area (Å²) in [7, 11) is 1.88. The third-order valence-corrected chi connectivity index (χ3v) is 5.52. The number of carbonyl (C=O) groups is 2. The van der Waals surface area contributed by atoms with Gasteiger partial charge in [-0.1, -0.05) is 25.1 Å². The Kier molecular flexibility index (Phi) is 3.91. The van der Waals surface area contributed by atoms with Crippen molar-refractivity contribution in [3.05, 3.63) is 59.8 Å². The third kappa shape index (κ3) is 2.86. The first kappa shape index (κ1) is 17.5. The van der Waals surface area contributed by atoms with Gasteiger partial charge in [0.05, 0.1) is 11.0 Å². The molecule has 0 fully saturated rings. The molecule has 0 saturated heterocycles. The topological polar surface area (TPSA) is 81.0 Å². The first-order valence-corrected chi connectivity index (χ1v) is 9.65. The number of aryl methyl sites for hydroxylation is 1. The maximum absolute atomic E-state index is 12.9. The van der Waals surface area contributed by atoms with Gasteiger partial charge in [-0.15, -0.1) is 0 Å². The molecule has 0 bridgehead atoms. The Morgan fingerprint density at radius 2 is 2.00 bits per heavy atom. The molecule has 2 aromatic heterocycles. The van der Waals surface area contributed by atoms with E-state index in [2.05, 4.69) is 22.5 Å². The van der Waals surface area contributed by atoms with E-state index in [4.69, 9.17) is 0 Å². The zero-order chi connectivity index (χ0) is 20.1. The largest absolute Gasteiger partial charge is 0.350 e. The Morgan fingerprint density at radius 3 is 2.83 bits per heavy atom. The van der Waals surface area contributed by atoms with Crippen LogP contribution in [-0.4, -0.2) is 32.5 Å². The number of fused-ring (bicyclic) bond motifs is 4. The summed E-state index contributed by atoms with van der Waals surface area (Å²) >= 11 is 0. The smallest absolute Gasteiger partial charge is 0.267 e. The molecule has 4 aromatic rings. The van der Waals surface area contributed by atoms with Crippen molar-refractivity contribution < 1.29 is 9.59 Å². The van der Waals surface area contributed by atoms with Crippen molar-refractivity contribution >= 4 is 39.7 Å². The van der Waals surface area contributed by atoms with Gasteiger partial charge in [0.1, 0.15) is 5.69 Å². The van der Waals surface area contributed by atoms with Crippen LogP contribution in [0.4, 0.5) is 5.95 Å². The van der Waals surface area contributed by atoms with E-state index in [1.165, 1.54) is 0 Å². The molecule has 5 rings (SSSR count). The summed E-state index contributed by atoms with van der Waals surface area (Å²) in [5.41, 5.74) is 3.84. The van der Waals surface area contributed by atoms with E-state index < -0.39 is 0 Å². The number of rotatable bonds is 2. The molecule has 0 saturated carbocycles. The lowest BCUT2D eigenvalue weighted by atomic mass is 10.1. The van der Waals surface area contributed by atoms with Gasteiger partial charge in [0, 0.05) is 36.6 Å². The maximum atomic E-state index is 12.9. The van der Waals surface area contributed by atoms with Crippen LogP contribution in [0.15, 0.2) is 48.5 Å². The second kappa shape index (κ2) is 6.48. The number of para-hydroxylation sites is 2. The lowest BCUT2D eigenvalue weighted by Gasteiger charge is -2.11. The lowest BCUT2D eigenvalue weighted by Crippen LogP contribution is -2.25. The molecule has 1 aliphatic rings. The molecule has 1 aliphatic heterocycles. The molecular weight excluding hydrogens is 366 g/mol. The van der Waals surface area contributed by atoms with Gasteiger partial charge in [-0.25, -0.2) is 4.98 Å². The highest BCUT2D eigenvalue weighted by Crippen LogP contribution is 2.25. The van der Waals surface area contributed by atoms with Crippen molar-refractivity contribution in [2.45, 2.75) is 13.5 Å². The van der Waals surface area contributed by atoms with Crippen LogP contribution in [0.5, 0.6) is 0 Å². The van der Waals surface area contributed by atoms with Crippen LogP contribution in [0.25, 0.3) is 21.9 Å². The van der Waals surface area contributed by atoms with Gasteiger partial charge in [-0.05, 0) is 36.2 Å². The second-order valence-corrected chi connectivity index (χ2v) is 7.67. The first-order valence-electron chi connectivity index (χ1n) is 9.65. The maximum Gasteiger partial charge on any atom is 0.267 e. The molecule has 1 atom stereocenters. The number of aromatic nitrogens is 3. The van der Waals surface area contributed by atoms with Gasteiger partial charge in [0.2, 0.25) is 5.95 Å². The zero-order valence-corrected chi connectivity index (χ0v) is 16.3. The van der Waals surface area contributed by atoms with Crippen LogP contribution >= 0.6 is 0 Å². The summed E-state index contributed by atoms with van der Waals surface area (Å²) in [5, 5.41) is 6.81. The van der Waals surface area contributed by atoms with E-state index in [0.717, 1.165) is 28.5 Å². The average Bonchev–Trinajstić information content (AvgIpc) is 3.19. The van der Waals surface area contributed by atoms with Crippen molar-refractivity contribution in [2.75, 3.05) is 11.9 Å². The number of hydrogen-bond donors (Lipinski definition) is 2. The number of imidazole rings is 1. The SMILES string of the molecule is CC1CNC(=O)c2cc3ccc(C(=O)Nc4nc5ccccc5n4C)cc3n2C1. The third-order valence-electron chi connectivity index (χ3n) is 5.52. The number of carbonyl (C=O) groups excluding carboxylic acids is 2. The Balaban J connectivity index is 1.52. The fourth-order valence-corrected chi connectivity index (χ4v) is 3.95. The number of benzene rings is 2. The predicted octanol–water partition coefficient (Wildman–Crippen LogP) is 3.16. The van der Waals surface area contributed by atoms with Crippen LogP contribution in [0.1, 0.15) is 27.8 Å². The lowest BCUT2D eigenvalue weighted by molar-refractivity contribution is 0.0948. The fourth-order valence-electron chi connectivity index (χ4n) is 3.95. The molecular formula is C22H21N5O2. The van der Waals surface area contributed by atoms with Gasteiger partial charge < -0.3 is 14.5 Å². The summed E-state index contributed by atoms with van der Waals surface area (Å²) in [6, 6.07) is 15.1. The Hall–Kier alpha value is -3.61. The summed E-state index contributed by atoms with van der Waals surface area (Å²) in [6.45, 7) is 3.48. The Labute approximate surface area is 167 Å². The van der Waals surface area contributed by atoms with E-state index in [1.54, 1.807) is 6.07 Å². The number of amides is 2. The van der Waals surface area contributed by atoms with Gasteiger partial charge in [0.25, 0.3) is 11.8 Å². The van der Waals surface area contributed by atoms with E-state index in [-0.39, 0.29) is 11.8 Å². The number of nitrogens with one attached hydrogen (secondary N) is 2. The quantitative estimate of drug-likeness (QED) is 0.554. The van der Waals surface area contributed by atoms with Gasteiger partial charge in [-0.2, -0.15) is 0 Å². The van der Waals surface area contributed by atoms with Crippen molar-refractivity contribution in [3.63, 3.8) is 0 Å². The highest BCUT2D eigenvalue weighted by atomic mass is 16.2. The van der Waals surface area contributed by atoms with Crippen molar-refractivity contribution in [1.29, 1.82) is 0 Å². The van der Waals surface area contributed by atoms with Crippen LogP contribution < -0.4 is 10.6 Å². The van der Waals surface area contributed by atoms with Crippen molar-refractivity contribution in [1.82, 2.24) is 19.4 Å². The van der Waals surface area contributed by atoms with Crippen LogP contribution in [0.3, 0.4) is 0 Å². The van der Waals surface area contributed by atoms with Gasteiger partial charge in [0.15, 0.2) is 0 Å². The minimum Gasteiger partial charge on any atom is -0.350 e. The predicted molar refractivity (Wildman–Crippen MR) is 112 cm³/mol. The number of hydrogen-bond acceptors (Lipinski definition) is 3. The van der Waals surface area contributed by atoms with E-state index in [1.807, 2.05) is 58.6 Å². The highest BCUT2D eigenvalue weighted by Gasteiger charge is 2.22. The molecule has 0 spiro atoms. The second-order valence-electron chi connectivity index (χ2n) is 7.67. The monoisotopic (exact) mass is 387 g/mol. The minimum absolute atomic E-state index is 0.0729. The molecule has 0 aliphatic carbocycles. The average molecular weight is 387 g/mol. The highest BCUT2D eigenvalue weighted by molar-refractivity contribution is 6.07. The standard InChI is InChI=1S/C22H21N5O2/c1-13-11-23-21(29)19-9-14-7-8-15(10-18(14)27(19)12-13)20(28)25-22-24-16-5-3-4-6-17(16)26(22)2/h3-10,13H,11-12H2,1-2H3,(H,23,29)(H,24,25,28). The molecule has 2 aromatic carbocycles. The minimum atomic E-state index is -0.230. The molecule has 2 amide bonds. The molecule has 2 N–H and O–H groups in total. The van der Waals surface area contributed by atoms with Crippen molar-refractivity contribution in [2.24, 2.45) is 13.0 Å². The molecule has 7 heteroatoms. The number of nitrogens with zero attached hydrogens (tertiary/aromatic N) is 3. The van der Waals surface area contributed by atoms with Crippen molar-refractivity contribution in [3.8, 4) is 0 Å². The summed E-state index contributed by atoms with van der Waals surface area (Å²) in [4.78, 5) is 29.8. The van der Waals surface area contributed by atoms with E-state index in [9.17, 15) is 9.59 Å². The molecule has 3 heterocycles. The summed E-state index contributed by atoms with van der Waals surface area (Å²) < 4.78 is 3.87. The fraction of sp³-hybridized carbons (Fsp3) is 0.227. The van der Waals surface area contributed by atoms with Crippen LogP contribution in [0.2, 0.25) is 0 Å². The molecule has 146 valence electrons. The normalized spacial score (nSPS) is 16.5. The Morgan fingerprint density at radius 1 is 1.17 bits per heavy atom. The molecule has 29 heavy (non-hydrogen) atoms. The number of anilines is 1. The summed E-state index contributed by atoms with van der Waals surface area (Å²) in [5.74, 6) is 0.509. The zero-order valence-electron chi connectivity index (χ0n) is 16.3. The van der Waals surface area contributed by atoms with E-state index in [0.29, 0.717) is 29.7 Å². The molecule has 0 radical (unpaired) electrons. The first-order chi connectivity index (χ1) is 14.0.